The molecule has 1 aromatic carbocycles. The molecule has 1 aliphatic heterocycles. The molecule has 126 valence electrons. The summed E-state index contributed by atoms with van der Waals surface area (Å²) in [7, 11) is 0. The SMILES string of the molecule is NC(=O)[C@@H]1Cc2ccccc2CN1Cc1csc(-c2ncccn2)n1. The third-order valence-corrected chi connectivity index (χ3v) is 5.24. The van der Waals surface area contributed by atoms with Gasteiger partial charge in [0.25, 0.3) is 0 Å². The van der Waals surface area contributed by atoms with Crippen molar-refractivity contribution in [3.05, 3.63) is 64.9 Å². The number of hydrogen-bond acceptors (Lipinski definition) is 6. The molecule has 2 N–H and O–H groups in total. The van der Waals surface area contributed by atoms with E-state index in [9.17, 15) is 4.79 Å². The minimum atomic E-state index is -0.312. The fourth-order valence-electron chi connectivity index (χ4n) is 3.12. The van der Waals surface area contributed by atoms with Crippen LogP contribution < -0.4 is 5.73 Å². The van der Waals surface area contributed by atoms with Crippen molar-refractivity contribution in [1.29, 1.82) is 0 Å². The second kappa shape index (κ2) is 6.70. The first-order chi connectivity index (χ1) is 12.2. The van der Waals surface area contributed by atoms with Gasteiger partial charge in [0, 0.05) is 30.9 Å². The summed E-state index contributed by atoms with van der Waals surface area (Å²) in [4.78, 5) is 27.1. The average molecular weight is 351 g/mol. The molecule has 0 unspecified atom stereocenters. The van der Waals surface area contributed by atoms with Crippen molar-refractivity contribution >= 4 is 17.2 Å². The molecule has 0 bridgehead atoms. The van der Waals surface area contributed by atoms with E-state index in [1.165, 1.54) is 22.5 Å². The highest BCUT2D eigenvalue weighted by Crippen LogP contribution is 2.26. The van der Waals surface area contributed by atoms with Crippen molar-refractivity contribution in [1.82, 2.24) is 19.9 Å². The van der Waals surface area contributed by atoms with E-state index < -0.39 is 0 Å². The lowest BCUT2D eigenvalue weighted by atomic mass is 9.93. The van der Waals surface area contributed by atoms with Crippen LogP contribution in [0.3, 0.4) is 0 Å². The fraction of sp³-hybridized carbons (Fsp3) is 0.222. The van der Waals surface area contributed by atoms with Gasteiger partial charge in [-0.2, -0.15) is 0 Å². The van der Waals surface area contributed by atoms with E-state index in [1.807, 2.05) is 17.5 Å². The van der Waals surface area contributed by atoms with Crippen LogP contribution in [-0.2, 0) is 24.3 Å². The summed E-state index contributed by atoms with van der Waals surface area (Å²) in [6.45, 7) is 1.27. The molecule has 0 fully saturated rings. The van der Waals surface area contributed by atoms with Crippen LogP contribution in [0.4, 0.5) is 0 Å². The first-order valence-electron chi connectivity index (χ1n) is 8.02. The third-order valence-electron chi connectivity index (χ3n) is 4.35. The number of fused-ring (bicyclic) bond motifs is 1. The Hall–Kier alpha value is -2.64. The van der Waals surface area contributed by atoms with Crippen molar-refractivity contribution in [3.63, 3.8) is 0 Å². The number of hydrogen-bond donors (Lipinski definition) is 1. The first-order valence-corrected chi connectivity index (χ1v) is 8.90. The Kier molecular flexibility index (Phi) is 4.25. The van der Waals surface area contributed by atoms with Gasteiger partial charge in [0.2, 0.25) is 5.91 Å². The van der Waals surface area contributed by atoms with Gasteiger partial charge in [-0.15, -0.1) is 11.3 Å². The predicted octanol–water partition coefficient (Wildman–Crippen LogP) is 2.01. The van der Waals surface area contributed by atoms with Gasteiger partial charge in [0.05, 0.1) is 11.7 Å². The van der Waals surface area contributed by atoms with Crippen LogP contribution in [0.2, 0.25) is 0 Å². The highest BCUT2D eigenvalue weighted by molar-refractivity contribution is 7.13. The minimum Gasteiger partial charge on any atom is -0.368 e. The molecule has 0 saturated heterocycles. The summed E-state index contributed by atoms with van der Waals surface area (Å²) in [5, 5.41) is 2.77. The molecule has 0 radical (unpaired) electrons. The fourth-order valence-corrected chi connectivity index (χ4v) is 3.88. The van der Waals surface area contributed by atoms with E-state index in [4.69, 9.17) is 5.73 Å². The van der Waals surface area contributed by atoms with Gasteiger partial charge in [0.15, 0.2) is 10.8 Å². The molecule has 1 atom stereocenters. The van der Waals surface area contributed by atoms with Crippen LogP contribution in [0.15, 0.2) is 48.1 Å². The van der Waals surface area contributed by atoms with Crippen molar-refractivity contribution in [2.24, 2.45) is 5.73 Å². The van der Waals surface area contributed by atoms with Crippen LogP contribution in [0.25, 0.3) is 10.8 Å². The second-order valence-corrected chi connectivity index (χ2v) is 6.87. The molecule has 4 rings (SSSR count). The van der Waals surface area contributed by atoms with E-state index in [-0.39, 0.29) is 11.9 Å². The Morgan fingerprint density at radius 1 is 1.20 bits per heavy atom. The molecule has 2 aromatic heterocycles. The normalized spacial score (nSPS) is 17.2. The second-order valence-electron chi connectivity index (χ2n) is 6.01. The number of aromatic nitrogens is 3. The van der Waals surface area contributed by atoms with Crippen LogP contribution >= 0.6 is 11.3 Å². The zero-order chi connectivity index (χ0) is 17.2. The van der Waals surface area contributed by atoms with Gasteiger partial charge >= 0.3 is 0 Å². The van der Waals surface area contributed by atoms with Gasteiger partial charge in [-0.1, -0.05) is 24.3 Å². The number of rotatable bonds is 4. The summed E-state index contributed by atoms with van der Waals surface area (Å²) in [5.41, 5.74) is 8.98. The van der Waals surface area contributed by atoms with E-state index >= 15 is 0 Å². The summed E-state index contributed by atoms with van der Waals surface area (Å²) < 4.78 is 0. The smallest absolute Gasteiger partial charge is 0.235 e. The van der Waals surface area contributed by atoms with Crippen molar-refractivity contribution < 1.29 is 4.79 Å². The van der Waals surface area contributed by atoms with Gasteiger partial charge in [-0.25, -0.2) is 15.0 Å². The Balaban J connectivity index is 1.57. The molecular formula is C18H17N5OS. The molecule has 6 nitrogen and oxygen atoms in total. The Bertz CT molecular complexity index is 895. The standard InChI is InChI=1S/C18H17N5OS/c19-16(24)15-8-12-4-1-2-5-13(12)9-23(15)10-14-11-25-18(22-14)17-20-6-3-7-21-17/h1-7,11,15H,8-10H2,(H2,19,24)/t15-/m0/s1. The van der Waals surface area contributed by atoms with E-state index in [0.29, 0.717) is 25.3 Å². The highest BCUT2D eigenvalue weighted by Gasteiger charge is 2.30. The Labute approximate surface area is 149 Å². The van der Waals surface area contributed by atoms with E-state index in [0.717, 1.165) is 10.7 Å². The molecule has 3 heterocycles. The largest absolute Gasteiger partial charge is 0.368 e. The maximum Gasteiger partial charge on any atom is 0.235 e. The van der Waals surface area contributed by atoms with Gasteiger partial charge in [0.1, 0.15) is 0 Å². The number of nitrogens with zero attached hydrogens (tertiary/aromatic N) is 4. The predicted molar refractivity (Wildman–Crippen MR) is 95.5 cm³/mol. The minimum absolute atomic E-state index is 0.295. The van der Waals surface area contributed by atoms with Crippen molar-refractivity contribution in [2.75, 3.05) is 0 Å². The molecule has 7 heteroatoms. The zero-order valence-corrected chi connectivity index (χ0v) is 14.3. The lowest BCUT2D eigenvalue weighted by molar-refractivity contribution is -0.124. The number of carbonyl (C=O) groups excluding carboxylic acids is 1. The molecule has 3 aromatic rings. The summed E-state index contributed by atoms with van der Waals surface area (Å²) in [6, 6.07) is 9.66. The Morgan fingerprint density at radius 3 is 2.72 bits per heavy atom. The lowest BCUT2D eigenvalue weighted by Gasteiger charge is -2.34. The summed E-state index contributed by atoms with van der Waals surface area (Å²) >= 11 is 1.51. The Morgan fingerprint density at radius 2 is 1.96 bits per heavy atom. The summed E-state index contributed by atoms with van der Waals surface area (Å²) in [6.07, 6.45) is 4.05. The van der Waals surface area contributed by atoms with Crippen LogP contribution in [-0.4, -0.2) is 31.8 Å². The molecule has 0 saturated carbocycles. The third kappa shape index (κ3) is 3.29. The zero-order valence-electron chi connectivity index (χ0n) is 13.5. The van der Waals surface area contributed by atoms with Gasteiger partial charge in [-0.3, -0.25) is 9.69 Å². The van der Waals surface area contributed by atoms with Crippen LogP contribution in [0, 0.1) is 0 Å². The molecule has 1 amide bonds. The number of amides is 1. The molecule has 0 aliphatic carbocycles. The molecule has 1 aliphatic rings. The monoisotopic (exact) mass is 351 g/mol. The number of carbonyl (C=O) groups is 1. The molecule has 0 spiro atoms. The molecule has 25 heavy (non-hydrogen) atoms. The van der Waals surface area contributed by atoms with Crippen LogP contribution in [0.1, 0.15) is 16.8 Å². The topological polar surface area (TPSA) is 85.0 Å². The van der Waals surface area contributed by atoms with E-state index in [2.05, 4.69) is 32.0 Å². The number of thiazole rings is 1. The van der Waals surface area contributed by atoms with Crippen LogP contribution in [0.5, 0.6) is 0 Å². The van der Waals surface area contributed by atoms with Crippen molar-refractivity contribution in [3.8, 4) is 10.8 Å². The van der Waals surface area contributed by atoms with Gasteiger partial charge in [-0.05, 0) is 23.6 Å². The maximum atomic E-state index is 11.9. The average Bonchev–Trinajstić information content (AvgIpc) is 3.10. The molecular weight excluding hydrogens is 334 g/mol. The number of nitrogens with two attached hydrogens (primary N) is 1. The van der Waals surface area contributed by atoms with Crippen molar-refractivity contribution in [2.45, 2.75) is 25.6 Å². The first kappa shape index (κ1) is 15.9. The highest BCUT2D eigenvalue weighted by atomic mass is 32.1. The summed E-state index contributed by atoms with van der Waals surface area (Å²) in [5.74, 6) is 0.325. The maximum absolute atomic E-state index is 11.9. The number of primary amides is 1. The lowest BCUT2D eigenvalue weighted by Crippen LogP contribution is -2.48. The quantitative estimate of drug-likeness (QED) is 0.777. The van der Waals surface area contributed by atoms with Gasteiger partial charge < -0.3 is 5.73 Å². The van der Waals surface area contributed by atoms with E-state index in [1.54, 1.807) is 18.5 Å². The number of benzene rings is 1.